The first-order valence-corrected chi connectivity index (χ1v) is 6.52. The fraction of sp³-hybridized carbons (Fsp3) is 0. The van der Waals surface area contributed by atoms with E-state index in [1.807, 2.05) is 0 Å². The molecule has 0 amide bonds. The van der Waals surface area contributed by atoms with Crippen LogP contribution in [0.1, 0.15) is 0 Å². The Morgan fingerprint density at radius 2 is 1.96 bits per heavy atom. The summed E-state index contributed by atoms with van der Waals surface area (Å²) in [6, 6.07) is 4.57. The number of nitro benzene ring substituents is 1. The number of nitro groups is 1. The Morgan fingerprint density at radius 3 is 2.70 bits per heavy atom. The number of nitrogens with one attached hydrogen (secondary N) is 1. The van der Waals surface area contributed by atoms with Gasteiger partial charge < -0.3 is 5.32 Å². The first-order chi connectivity index (χ1) is 11.0. The zero-order valence-corrected chi connectivity index (χ0v) is 11.9. The number of anilines is 2. The second kappa shape index (κ2) is 5.69. The third-order valence-corrected chi connectivity index (χ3v) is 3.17. The molecule has 0 bridgehead atoms. The van der Waals surface area contributed by atoms with E-state index in [2.05, 4.69) is 20.3 Å². The van der Waals surface area contributed by atoms with Crippen molar-refractivity contribution in [1.29, 1.82) is 0 Å². The number of hydrogen-bond acceptors (Lipinski definition) is 6. The monoisotopic (exact) mass is 337 g/mol. The van der Waals surface area contributed by atoms with Crippen molar-refractivity contribution in [2.75, 3.05) is 5.32 Å². The highest BCUT2D eigenvalue weighted by Crippen LogP contribution is 2.31. The van der Waals surface area contributed by atoms with Crippen molar-refractivity contribution in [2.24, 2.45) is 0 Å². The third-order valence-electron chi connectivity index (χ3n) is 2.96. The molecule has 0 aliphatic heterocycles. The van der Waals surface area contributed by atoms with Crippen molar-refractivity contribution >= 4 is 39.8 Å². The first-order valence-electron chi connectivity index (χ1n) is 6.14. The number of rotatable bonds is 3. The molecule has 0 aliphatic rings. The fourth-order valence-corrected chi connectivity index (χ4v) is 2.07. The molecule has 1 N–H and O–H groups in total. The summed E-state index contributed by atoms with van der Waals surface area (Å²) in [7, 11) is 0. The minimum Gasteiger partial charge on any atom is -0.333 e. The van der Waals surface area contributed by atoms with Gasteiger partial charge in [-0.25, -0.2) is 19.3 Å². The first kappa shape index (κ1) is 15.0. The smallest absolute Gasteiger partial charge is 0.307 e. The van der Waals surface area contributed by atoms with E-state index in [9.17, 15) is 18.9 Å². The van der Waals surface area contributed by atoms with Crippen LogP contribution in [0.2, 0.25) is 5.15 Å². The number of fused-ring (bicyclic) bond motifs is 1. The molecule has 0 radical (unpaired) electrons. The fourth-order valence-electron chi connectivity index (χ4n) is 1.92. The van der Waals surface area contributed by atoms with Crippen molar-refractivity contribution in [3.05, 3.63) is 57.5 Å². The summed E-state index contributed by atoms with van der Waals surface area (Å²) >= 11 is 5.79. The lowest BCUT2D eigenvalue weighted by Gasteiger charge is -2.09. The highest BCUT2D eigenvalue weighted by molar-refractivity contribution is 6.29. The van der Waals surface area contributed by atoms with Crippen molar-refractivity contribution in [2.45, 2.75) is 0 Å². The second-order valence-electron chi connectivity index (χ2n) is 4.36. The maximum atomic E-state index is 14.1. The highest BCUT2D eigenvalue weighted by Gasteiger charge is 2.22. The lowest BCUT2D eigenvalue weighted by Crippen LogP contribution is -2.04. The van der Waals surface area contributed by atoms with Gasteiger partial charge in [0.1, 0.15) is 28.5 Å². The standard InChI is InChI=1S/C13H6ClF2N5O2/c14-9-4-2-7-12(19-9)13(18-5-17-7)20-11-6(15)1-3-8(10(11)16)21(22)23/h1-5H,(H,17,18,20). The molecule has 0 fully saturated rings. The van der Waals surface area contributed by atoms with E-state index in [1.165, 1.54) is 6.07 Å². The van der Waals surface area contributed by atoms with E-state index in [-0.39, 0.29) is 16.5 Å². The second-order valence-corrected chi connectivity index (χ2v) is 4.75. The Labute approximate surface area is 132 Å². The van der Waals surface area contributed by atoms with Crippen molar-refractivity contribution < 1.29 is 13.7 Å². The number of pyridine rings is 1. The summed E-state index contributed by atoms with van der Waals surface area (Å²) in [5, 5.41) is 13.3. The zero-order valence-electron chi connectivity index (χ0n) is 11.1. The average Bonchev–Trinajstić information content (AvgIpc) is 2.51. The third kappa shape index (κ3) is 2.73. The Hall–Kier alpha value is -2.94. The highest BCUT2D eigenvalue weighted by atomic mass is 35.5. The molecular weight excluding hydrogens is 332 g/mol. The van der Waals surface area contributed by atoms with Gasteiger partial charge in [-0.2, -0.15) is 4.39 Å². The van der Waals surface area contributed by atoms with E-state index in [4.69, 9.17) is 11.6 Å². The molecule has 0 saturated heterocycles. The van der Waals surface area contributed by atoms with E-state index in [0.29, 0.717) is 5.52 Å². The zero-order chi connectivity index (χ0) is 16.6. The number of halogens is 3. The lowest BCUT2D eigenvalue weighted by molar-refractivity contribution is -0.387. The Balaban J connectivity index is 2.15. The van der Waals surface area contributed by atoms with Crippen LogP contribution in [0.3, 0.4) is 0 Å². The van der Waals surface area contributed by atoms with Crippen molar-refractivity contribution in [1.82, 2.24) is 15.0 Å². The van der Waals surface area contributed by atoms with Gasteiger partial charge in [-0.05, 0) is 18.2 Å². The van der Waals surface area contributed by atoms with Gasteiger partial charge >= 0.3 is 5.69 Å². The summed E-state index contributed by atoms with van der Waals surface area (Å²) in [6.45, 7) is 0. The number of aromatic nitrogens is 3. The molecule has 3 aromatic rings. The predicted molar refractivity (Wildman–Crippen MR) is 78.6 cm³/mol. The SMILES string of the molecule is O=[N+]([O-])c1ccc(F)c(Nc2ncnc3ccc(Cl)nc23)c1F. The largest absolute Gasteiger partial charge is 0.333 e. The summed E-state index contributed by atoms with van der Waals surface area (Å²) in [5.41, 5.74) is -1.01. The number of benzene rings is 1. The molecule has 116 valence electrons. The topological polar surface area (TPSA) is 93.8 Å². The predicted octanol–water partition coefficient (Wildman–Crippen LogP) is 3.61. The Bertz CT molecular complexity index is 938. The van der Waals surface area contributed by atoms with Crippen molar-refractivity contribution in [3.8, 4) is 0 Å². The maximum absolute atomic E-state index is 14.1. The van der Waals surface area contributed by atoms with Gasteiger partial charge in [0.05, 0.1) is 10.4 Å². The maximum Gasteiger partial charge on any atom is 0.307 e. The number of hydrogen-bond donors (Lipinski definition) is 1. The van der Waals surface area contributed by atoms with Crippen LogP contribution in [0.25, 0.3) is 11.0 Å². The van der Waals surface area contributed by atoms with Gasteiger partial charge in [-0.3, -0.25) is 10.1 Å². The van der Waals surface area contributed by atoms with Crippen molar-refractivity contribution in [3.63, 3.8) is 0 Å². The van der Waals surface area contributed by atoms with Gasteiger partial charge in [0.25, 0.3) is 0 Å². The molecule has 2 aromatic heterocycles. The van der Waals surface area contributed by atoms with E-state index >= 15 is 0 Å². The van der Waals surface area contributed by atoms with Crippen LogP contribution in [-0.4, -0.2) is 19.9 Å². The molecular formula is C13H6ClF2N5O2. The minimum atomic E-state index is -1.34. The molecule has 0 spiro atoms. The van der Waals surface area contributed by atoms with E-state index < -0.39 is 27.9 Å². The molecule has 3 rings (SSSR count). The van der Waals surface area contributed by atoms with Crippen LogP contribution < -0.4 is 5.32 Å². The van der Waals surface area contributed by atoms with Gasteiger partial charge in [0.15, 0.2) is 5.82 Å². The van der Waals surface area contributed by atoms with Gasteiger partial charge in [0.2, 0.25) is 5.82 Å². The molecule has 0 aliphatic carbocycles. The normalized spacial score (nSPS) is 10.7. The quantitative estimate of drug-likeness (QED) is 0.446. The van der Waals surface area contributed by atoms with Gasteiger partial charge in [-0.1, -0.05) is 11.6 Å². The molecule has 23 heavy (non-hydrogen) atoms. The van der Waals surface area contributed by atoms with Crippen LogP contribution >= 0.6 is 11.6 Å². The summed E-state index contributed by atoms with van der Waals surface area (Å²) in [6.07, 6.45) is 1.16. The van der Waals surface area contributed by atoms with Crippen LogP contribution in [0.5, 0.6) is 0 Å². The molecule has 10 heteroatoms. The minimum absolute atomic E-state index is 0.0317. The summed E-state index contributed by atoms with van der Waals surface area (Å²) in [4.78, 5) is 21.6. The molecule has 2 heterocycles. The molecule has 0 atom stereocenters. The van der Waals surface area contributed by atoms with Gasteiger partial charge in [-0.15, -0.1) is 0 Å². The van der Waals surface area contributed by atoms with E-state index in [0.717, 1.165) is 18.5 Å². The van der Waals surface area contributed by atoms with Crippen LogP contribution in [0, 0.1) is 21.7 Å². The summed E-state index contributed by atoms with van der Waals surface area (Å²) in [5.74, 6) is -2.39. The summed E-state index contributed by atoms with van der Waals surface area (Å²) < 4.78 is 28.0. The Kier molecular flexibility index (Phi) is 3.70. The van der Waals surface area contributed by atoms with Gasteiger partial charge in [0, 0.05) is 6.07 Å². The molecule has 1 aromatic carbocycles. The molecule has 0 unspecified atom stereocenters. The lowest BCUT2D eigenvalue weighted by atomic mass is 10.2. The Morgan fingerprint density at radius 1 is 1.17 bits per heavy atom. The van der Waals surface area contributed by atoms with E-state index in [1.54, 1.807) is 6.07 Å². The number of nitrogens with zero attached hydrogens (tertiary/aromatic N) is 4. The molecule has 0 saturated carbocycles. The van der Waals surface area contributed by atoms with Crippen LogP contribution in [0.15, 0.2) is 30.6 Å². The average molecular weight is 338 g/mol. The molecule has 7 nitrogen and oxygen atoms in total. The van der Waals surface area contributed by atoms with Crippen LogP contribution in [-0.2, 0) is 0 Å². The van der Waals surface area contributed by atoms with Crippen LogP contribution in [0.4, 0.5) is 26.0 Å².